The van der Waals surface area contributed by atoms with E-state index in [1.165, 1.54) is 6.07 Å². The number of carbonyl (C=O) groups excluding carboxylic acids is 1. The zero-order valence-corrected chi connectivity index (χ0v) is 7.43. The number of hydrogen-bond donors (Lipinski definition) is 2. The fourth-order valence-electron chi connectivity index (χ4n) is 1.54. The average Bonchev–Trinajstić information content (AvgIpc) is 2.61. The Morgan fingerprint density at radius 1 is 1.43 bits per heavy atom. The third-order valence-electron chi connectivity index (χ3n) is 2.21. The minimum Gasteiger partial charge on any atom is -0.350 e. The molecule has 1 aromatic carbocycles. The van der Waals surface area contributed by atoms with Crippen molar-refractivity contribution in [2.75, 3.05) is 5.32 Å². The molecule has 0 amide bonds. The van der Waals surface area contributed by atoms with Crippen LogP contribution in [0.5, 0.6) is 0 Å². The van der Waals surface area contributed by atoms with E-state index in [9.17, 15) is 9.18 Å². The van der Waals surface area contributed by atoms with Crippen molar-refractivity contribution in [1.29, 1.82) is 0 Å². The summed E-state index contributed by atoms with van der Waals surface area (Å²) in [7, 11) is 0. The number of anilines is 1. The maximum absolute atomic E-state index is 13.3. The highest BCUT2D eigenvalue weighted by Gasteiger charge is 2.13. The van der Waals surface area contributed by atoms with Crippen LogP contribution in [-0.2, 0) is 17.9 Å². The van der Waals surface area contributed by atoms with Crippen LogP contribution in [0.4, 0.5) is 10.1 Å². The van der Waals surface area contributed by atoms with Gasteiger partial charge in [0.2, 0.25) is 0 Å². The van der Waals surface area contributed by atoms with Crippen molar-refractivity contribution < 1.29 is 9.18 Å². The monoisotopic (exact) mass is 192 g/mol. The Morgan fingerprint density at radius 2 is 2.14 bits per heavy atom. The summed E-state index contributed by atoms with van der Waals surface area (Å²) in [6.45, 7) is 1.45. The maximum atomic E-state index is 13.3. The Bertz CT molecular complexity index is 411. The SMILES string of the molecule is O=C=CNc1cc2c(cc1F)CNC2. The first kappa shape index (κ1) is 8.94. The Morgan fingerprint density at radius 3 is 2.86 bits per heavy atom. The van der Waals surface area contributed by atoms with E-state index in [0.29, 0.717) is 12.2 Å². The summed E-state index contributed by atoms with van der Waals surface area (Å²) in [5.74, 6) is 1.19. The van der Waals surface area contributed by atoms with Crippen molar-refractivity contribution in [1.82, 2.24) is 5.32 Å². The van der Waals surface area contributed by atoms with Crippen LogP contribution in [0.15, 0.2) is 18.3 Å². The number of nitrogens with one attached hydrogen (secondary N) is 2. The lowest BCUT2D eigenvalue weighted by Crippen LogP contribution is -1.99. The molecule has 1 aromatic rings. The summed E-state index contributed by atoms with van der Waals surface area (Å²) in [5, 5.41) is 5.66. The molecule has 0 fully saturated rings. The van der Waals surface area contributed by atoms with Crippen LogP contribution in [0, 0.1) is 5.82 Å². The molecule has 1 heterocycles. The van der Waals surface area contributed by atoms with E-state index in [0.717, 1.165) is 23.9 Å². The molecule has 3 nitrogen and oxygen atoms in total. The Balaban J connectivity index is 2.36. The Kier molecular flexibility index (Phi) is 2.31. The number of benzene rings is 1. The predicted molar refractivity (Wildman–Crippen MR) is 50.8 cm³/mol. The second-order valence-electron chi connectivity index (χ2n) is 3.11. The first-order chi connectivity index (χ1) is 6.81. The molecular formula is C10H9FN2O. The molecule has 0 bridgehead atoms. The Hall–Kier alpha value is -1.64. The molecule has 0 unspecified atom stereocenters. The van der Waals surface area contributed by atoms with E-state index < -0.39 is 0 Å². The average molecular weight is 192 g/mol. The van der Waals surface area contributed by atoms with Gasteiger partial charge in [0.1, 0.15) is 11.8 Å². The van der Waals surface area contributed by atoms with Gasteiger partial charge in [-0.2, -0.15) is 0 Å². The summed E-state index contributed by atoms with van der Waals surface area (Å²) in [4.78, 5) is 9.95. The minimum atomic E-state index is -0.348. The van der Waals surface area contributed by atoms with Crippen LogP contribution in [0.1, 0.15) is 11.1 Å². The molecule has 4 heteroatoms. The van der Waals surface area contributed by atoms with Gasteiger partial charge in [0.15, 0.2) is 0 Å². The van der Waals surface area contributed by atoms with E-state index in [1.54, 1.807) is 12.0 Å². The fourth-order valence-corrected chi connectivity index (χ4v) is 1.54. The van der Waals surface area contributed by atoms with Gasteiger partial charge in [-0.15, -0.1) is 0 Å². The molecule has 2 N–H and O–H groups in total. The highest BCUT2D eigenvalue weighted by molar-refractivity contribution is 5.58. The molecular weight excluding hydrogens is 183 g/mol. The number of hydrogen-bond acceptors (Lipinski definition) is 3. The summed E-state index contributed by atoms with van der Waals surface area (Å²) in [5.41, 5.74) is 2.35. The molecule has 0 radical (unpaired) electrons. The van der Waals surface area contributed by atoms with Crippen LogP contribution in [-0.4, -0.2) is 5.94 Å². The normalized spacial score (nSPS) is 13.2. The zero-order chi connectivity index (χ0) is 9.97. The second kappa shape index (κ2) is 3.62. The number of fused-ring (bicyclic) bond motifs is 1. The van der Waals surface area contributed by atoms with E-state index >= 15 is 0 Å². The van der Waals surface area contributed by atoms with Crippen LogP contribution >= 0.6 is 0 Å². The highest BCUT2D eigenvalue weighted by Crippen LogP contribution is 2.23. The van der Waals surface area contributed by atoms with Gasteiger partial charge in [-0.1, -0.05) is 0 Å². The van der Waals surface area contributed by atoms with Gasteiger partial charge in [0.25, 0.3) is 0 Å². The largest absolute Gasteiger partial charge is 0.350 e. The maximum Gasteiger partial charge on any atom is 0.146 e. The summed E-state index contributed by atoms with van der Waals surface area (Å²) < 4.78 is 13.3. The number of halogens is 1. The van der Waals surface area contributed by atoms with E-state index in [2.05, 4.69) is 10.6 Å². The van der Waals surface area contributed by atoms with Crippen molar-refractivity contribution >= 4 is 11.6 Å². The quantitative estimate of drug-likeness (QED) is 0.691. The topological polar surface area (TPSA) is 41.1 Å². The van der Waals surface area contributed by atoms with Crippen molar-refractivity contribution in [2.24, 2.45) is 0 Å². The molecule has 72 valence electrons. The van der Waals surface area contributed by atoms with Crippen molar-refractivity contribution in [3.05, 3.63) is 35.3 Å². The standard InChI is InChI=1S/C10H9FN2O/c11-9-3-7-5-12-6-8(7)4-10(9)13-1-2-14/h1,3-4,12-13H,5-6H2. The third-order valence-corrected chi connectivity index (χ3v) is 2.21. The zero-order valence-electron chi connectivity index (χ0n) is 7.43. The molecule has 0 atom stereocenters. The van der Waals surface area contributed by atoms with Gasteiger partial charge >= 0.3 is 0 Å². The van der Waals surface area contributed by atoms with Crippen LogP contribution in [0.3, 0.4) is 0 Å². The molecule has 1 aliphatic rings. The van der Waals surface area contributed by atoms with Crippen molar-refractivity contribution in [3.8, 4) is 0 Å². The molecule has 0 spiro atoms. The summed E-state index contributed by atoms with van der Waals surface area (Å²) in [6.07, 6.45) is 1.05. The molecule has 1 aliphatic heterocycles. The van der Waals surface area contributed by atoms with Gasteiger partial charge in [0, 0.05) is 13.1 Å². The minimum absolute atomic E-state index is 0.316. The van der Waals surface area contributed by atoms with E-state index in [-0.39, 0.29) is 5.82 Å². The van der Waals surface area contributed by atoms with Crippen molar-refractivity contribution in [2.45, 2.75) is 13.1 Å². The first-order valence-corrected chi connectivity index (χ1v) is 4.29. The molecule has 0 aromatic heterocycles. The Labute approximate surface area is 80.6 Å². The van der Waals surface area contributed by atoms with E-state index in [1.807, 2.05) is 0 Å². The molecule has 0 saturated carbocycles. The third kappa shape index (κ3) is 1.53. The number of rotatable bonds is 2. The summed E-state index contributed by atoms with van der Waals surface area (Å²) in [6, 6.07) is 3.19. The van der Waals surface area contributed by atoms with Gasteiger partial charge in [-0.05, 0) is 23.3 Å². The molecule has 14 heavy (non-hydrogen) atoms. The van der Waals surface area contributed by atoms with Gasteiger partial charge < -0.3 is 10.6 Å². The van der Waals surface area contributed by atoms with Crippen LogP contribution in [0.2, 0.25) is 0 Å². The summed E-state index contributed by atoms with van der Waals surface area (Å²) >= 11 is 0. The van der Waals surface area contributed by atoms with Gasteiger partial charge in [-0.25, -0.2) is 9.18 Å². The molecule has 0 saturated heterocycles. The highest BCUT2D eigenvalue weighted by atomic mass is 19.1. The van der Waals surface area contributed by atoms with Crippen LogP contribution < -0.4 is 10.6 Å². The van der Waals surface area contributed by atoms with Gasteiger partial charge in [0.05, 0.1) is 11.9 Å². The van der Waals surface area contributed by atoms with Gasteiger partial charge in [-0.3, -0.25) is 0 Å². The molecule has 2 rings (SSSR count). The van der Waals surface area contributed by atoms with E-state index in [4.69, 9.17) is 0 Å². The smallest absolute Gasteiger partial charge is 0.146 e. The first-order valence-electron chi connectivity index (χ1n) is 4.29. The lowest BCUT2D eigenvalue weighted by atomic mass is 10.1. The molecule has 0 aliphatic carbocycles. The van der Waals surface area contributed by atoms with Crippen molar-refractivity contribution in [3.63, 3.8) is 0 Å². The second-order valence-corrected chi connectivity index (χ2v) is 3.11. The van der Waals surface area contributed by atoms with Crippen LogP contribution in [0.25, 0.3) is 0 Å². The predicted octanol–water partition coefficient (Wildman–Crippen LogP) is 1.19. The lowest BCUT2D eigenvalue weighted by Gasteiger charge is -2.04. The fraction of sp³-hybridized carbons (Fsp3) is 0.200. The lowest BCUT2D eigenvalue weighted by molar-refractivity contribution is 0.568.